The van der Waals surface area contributed by atoms with Gasteiger partial charge in [-0.1, -0.05) is 6.07 Å². The monoisotopic (exact) mass is 841 g/mol. The zero-order valence-electron chi connectivity index (χ0n) is 34.3. The Hall–Kier alpha value is -5.26. The van der Waals surface area contributed by atoms with Gasteiger partial charge in [0.1, 0.15) is 22.7 Å². The van der Waals surface area contributed by atoms with E-state index in [1.54, 1.807) is 12.5 Å². The van der Waals surface area contributed by atoms with Gasteiger partial charge in [-0.05, 0) is 94.4 Å². The summed E-state index contributed by atoms with van der Waals surface area (Å²) in [5.41, 5.74) is 1.85. The predicted molar refractivity (Wildman–Crippen MR) is 222 cm³/mol. The van der Waals surface area contributed by atoms with Gasteiger partial charge in [0.25, 0.3) is 12.3 Å². The first-order chi connectivity index (χ1) is 29.5. The second kappa shape index (κ2) is 17.6. The Bertz CT molecular complexity index is 2310. The van der Waals surface area contributed by atoms with Crippen LogP contribution in [-0.2, 0) is 25.5 Å². The number of imide groups is 1. The number of morpholine rings is 1. The zero-order chi connectivity index (χ0) is 42.2. The average molecular weight is 842 g/mol. The van der Waals surface area contributed by atoms with E-state index in [0.29, 0.717) is 36.8 Å². The van der Waals surface area contributed by atoms with Crippen molar-refractivity contribution in [1.29, 1.82) is 5.41 Å². The molecule has 3 amide bonds. The molecule has 324 valence electrons. The number of anilines is 1. The molecule has 17 heteroatoms. The molecule has 1 aliphatic carbocycles. The number of carbonyl (C=O) groups is 3. The van der Waals surface area contributed by atoms with Gasteiger partial charge in [-0.2, -0.15) is 5.10 Å². The maximum absolute atomic E-state index is 13.8. The molecule has 4 aliphatic heterocycles. The molecule has 0 radical (unpaired) electrons. The van der Waals surface area contributed by atoms with Crippen LogP contribution in [-0.4, -0.2) is 113 Å². The molecular formula is C44H53F2N9O6. The molecule has 5 aliphatic rings. The minimum atomic E-state index is -3.07. The fourth-order valence-electron chi connectivity index (χ4n) is 9.85. The lowest BCUT2D eigenvalue weighted by Gasteiger charge is -2.37. The Balaban J connectivity index is 0.726. The number of hydrogen-bond acceptors (Lipinski definition) is 12. The normalized spacial score (nSPS) is 25.7. The molecule has 4 aromatic rings. The predicted octanol–water partition coefficient (Wildman–Crippen LogP) is 5.09. The van der Waals surface area contributed by atoms with Crippen molar-refractivity contribution in [3.63, 3.8) is 0 Å². The Morgan fingerprint density at radius 3 is 2.67 bits per heavy atom. The lowest BCUT2D eigenvalue weighted by Crippen LogP contribution is -2.42. The molecular weight excluding hydrogens is 789 g/mol. The molecule has 0 spiro atoms. The van der Waals surface area contributed by atoms with Crippen LogP contribution in [0.4, 0.5) is 14.6 Å². The summed E-state index contributed by atoms with van der Waals surface area (Å²) in [6, 6.07) is 8.17. The van der Waals surface area contributed by atoms with Gasteiger partial charge in [0.05, 0.1) is 55.0 Å². The number of alkyl halides is 2. The number of nitrogens with zero attached hydrogens (tertiary/aromatic N) is 5. The van der Waals surface area contributed by atoms with E-state index in [4.69, 9.17) is 24.3 Å². The van der Waals surface area contributed by atoms with Gasteiger partial charge in [-0.25, -0.2) is 18.3 Å². The highest BCUT2D eigenvalue weighted by atomic mass is 19.3. The van der Waals surface area contributed by atoms with E-state index in [9.17, 15) is 23.2 Å². The zero-order valence-corrected chi connectivity index (χ0v) is 34.3. The number of fused-ring (bicyclic) bond motifs is 4. The van der Waals surface area contributed by atoms with Crippen LogP contribution in [0.25, 0.3) is 16.6 Å². The van der Waals surface area contributed by atoms with Crippen molar-refractivity contribution in [2.75, 3.05) is 37.7 Å². The van der Waals surface area contributed by atoms with Gasteiger partial charge in [0, 0.05) is 62.0 Å². The van der Waals surface area contributed by atoms with Crippen LogP contribution in [0.5, 0.6) is 0 Å². The summed E-state index contributed by atoms with van der Waals surface area (Å²) in [6.07, 6.45) is 11.4. The number of hydrogen-bond donors (Lipinski definition) is 4. The number of rotatable bonds is 14. The van der Waals surface area contributed by atoms with Gasteiger partial charge >= 0.3 is 0 Å². The minimum absolute atomic E-state index is 0.0113. The number of allylic oxidation sites excluding steroid dienone is 1. The lowest BCUT2D eigenvalue weighted by molar-refractivity contribution is -0.134. The highest BCUT2D eigenvalue weighted by molar-refractivity contribution is 6.08. The molecule has 5 fully saturated rings. The molecule has 15 nitrogen and oxygen atoms in total. The first-order valence-electron chi connectivity index (χ1n) is 21.6. The number of carbonyl (C=O) groups excluding carboxylic acids is 3. The van der Waals surface area contributed by atoms with Gasteiger partial charge in [0.2, 0.25) is 11.8 Å². The Kier molecular flexibility index (Phi) is 11.9. The van der Waals surface area contributed by atoms with Gasteiger partial charge in [-0.15, -0.1) is 0 Å². The molecule has 4 atom stereocenters. The minimum Gasteiger partial charge on any atom is -0.464 e. The largest absolute Gasteiger partial charge is 0.464 e. The van der Waals surface area contributed by atoms with Crippen molar-refractivity contribution in [3.05, 3.63) is 71.5 Å². The smallest absolute Gasteiger partial charge is 0.281 e. The number of piperidine rings is 2. The number of aromatic nitrogens is 3. The first kappa shape index (κ1) is 41.1. The lowest BCUT2D eigenvalue weighted by atomic mass is 9.85. The Labute approximate surface area is 352 Å². The average Bonchev–Trinajstić information content (AvgIpc) is 4.08. The van der Waals surface area contributed by atoms with E-state index in [1.807, 2.05) is 18.2 Å². The summed E-state index contributed by atoms with van der Waals surface area (Å²) in [5, 5.41) is 21.5. The first-order valence-corrected chi connectivity index (χ1v) is 21.6. The molecule has 9 rings (SSSR count). The maximum atomic E-state index is 13.8. The van der Waals surface area contributed by atoms with E-state index in [0.717, 1.165) is 99.6 Å². The topological polar surface area (TPSA) is 179 Å². The van der Waals surface area contributed by atoms with Crippen molar-refractivity contribution in [2.24, 2.45) is 5.92 Å². The number of ether oxygens (including phenoxy) is 2. The van der Waals surface area contributed by atoms with Crippen molar-refractivity contribution in [1.82, 2.24) is 35.4 Å². The van der Waals surface area contributed by atoms with Crippen LogP contribution in [0.2, 0.25) is 0 Å². The molecule has 1 aromatic carbocycles. The number of benzene rings is 1. The number of furan rings is 1. The summed E-state index contributed by atoms with van der Waals surface area (Å²) >= 11 is 0. The standard InChI is InChI=1S/C44H53F2N9O6/c1-25(16-27-4-8-37-33(17-27)35(24-60-37)32-7-9-39(56)52-43(32)57)61-30-10-13-53(14-11-30)21-26-2-5-28(6-3-26)48-20-36(40(47)41(45)46)50-44(58)34-19-49-55-15-12-38(51-42(34)55)54-22-31-18-29(54)23-59-31/h4,8,12,15,17,19-20,24-26,28-32,41,47-48H,2-3,5-7,9-11,13-14,16,18,21-23H2,1H3,(H,50,58)(H,52,56,57)/b36-20+,47-40?. The highest BCUT2D eigenvalue weighted by Crippen LogP contribution is 2.35. The van der Waals surface area contributed by atoms with Crippen LogP contribution in [0.15, 0.2) is 59.2 Å². The summed E-state index contributed by atoms with van der Waals surface area (Å²) in [5.74, 6) is -0.340. The fourth-order valence-corrected chi connectivity index (χ4v) is 9.85. The third kappa shape index (κ3) is 9.05. The molecule has 4 N–H and O–H groups in total. The van der Waals surface area contributed by atoms with E-state index >= 15 is 0 Å². The number of likely N-dealkylation sites (tertiary alicyclic amines) is 1. The van der Waals surface area contributed by atoms with Crippen LogP contribution < -0.4 is 20.9 Å². The van der Waals surface area contributed by atoms with Crippen molar-refractivity contribution < 1.29 is 37.1 Å². The van der Waals surface area contributed by atoms with Gasteiger partial charge in [-0.3, -0.25) is 25.1 Å². The number of nitrogens with one attached hydrogen (secondary N) is 4. The van der Waals surface area contributed by atoms with Crippen LogP contribution in [0.3, 0.4) is 0 Å². The van der Waals surface area contributed by atoms with Crippen molar-refractivity contribution in [2.45, 2.75) is 114 Å². The number of halogens is 2. The van der Waals surface area contributed by atoms with Crippen molar-refractivity contribution >= 4 is 45.9 Å². The van der Waals surface area contributed by atoms with E-state index in [-0.39, 0.29) is 53.5 Å². The second-order valence-corrected chi connectivity index (χ2v) is 17.4. The molecule has 4 unspecified atom stereocenters. The van der Waals surface area contributed by atoms with Crippen LogP contribution in [0, 0.1) is 11.3 Å². The van der Waals surface area contributed by atoms with E-state index < -0.39 is 24.0 Å². The second-order valence-electron chi connectivity index (χ2n) is 17.4. The molecule has 7 heterocycles. The number of amides is 3. The Morgan fingerprint density at radius 2 is 1.93 bits per heavy atom. The third-order valence-electron chi connectivity index (χ3n) is 13.1. The van der Waals surface area contributed by atoms with Gasteiger partial charge in [0.15, 0.2) is 5.65 Å². The summed E-state index contributed by atoms with van der Waals surface area (Å²) < 4.78 is 47.1. The third-order valence-corrected chi connectivity index (χ3v) is 13.1. The quantitative estimate of drug-likeness (QED) is 0.0982. The summed E-state index contributed by atoms with van der Waals surface area (Å²) in [4.78, 5) is 47.1. The molecule has 1 saturated carbocycles. The van der Waals surface area contributed by atoms with E-state index in [1.165, 1.54) is 16.9 Å². The fraction of sp³-hybridized carbons (Fsp3) is 0.545. The maximum Gasteiger partial charge on any atom is 0.281 e. The molecule has 3 aromatic heterocycles. The van der Waals surface area contributed by atoms with Gasteiger partial charge < -0.3 is 34.3 Å². The Morgan fingerprint density at radius 1 is 1.11 bits per heavy atom. The molecule has 2 bridgehead atoms. The van der Waals surface area contributed by atoms with Crippen LogP contribution in [0.1, 0.15) is 92.1 Å². The molecule has 61 heavy (non-hydrogen) atoms. The molecule has 4 saturated heterocycles. The van der Waals surface area contributed by atoms with Crippen molar-refractivity contribution in [3.8, 4) is 0 Å². The van der Waals surface area contributed by atoms with E-state index in [2.05, 4.69) is 43.8 Å². The summed E-state index contributed by atoms with van der Waals surface area (Å²) in [6.45, 7) is 6.38. The summed E-state index contributed by atoms with van der Waals surface area (Å²) in [7, 11) is 0. The van der Waals surface area contributed by atoms with Crippen LogP contribution >= 0.6 is 0 Å². The highest BCUT2D eigenvalue weighted by Gasteiger charge is 2.40. The SMILES string of the molecule is CC(Cc1ccc2occ(C3CCC(=O)NC3=O)c2c1)OC1CCN(CC2CCC(N/C=C(/NC(=O)c3cnn4ccc(N5CC6CC5CO6)nc34)C(=N)C(F)F)CC2)CC1.